The van der Waals surface area contributed by atoms with E-state index in [1.807, 2.05) is 10.0 Å². The van der Waals surface area contributed by atoms with Crippen molar-refractivity contribution in [1.29, 1.82) is 0 Å². The fourth-order valence-electron chi connectivity index (χ4n) is 2.89. The molecule has 1 saturated heterocycles. The number of Topliss-reactive ketones (excluding diaryl/α,β-unsaturated/α-hetero) is 2. The number of ketones is 2. The molecule has 1 aliphatic rings. The van der Waals surface area contributed by atoms with E-state index in [0.717, 1.165) is 0 Å². The van der Waals surface area contributed by atoms with Gasteiger partial charge in [-0.1, -0.05) is 10.4 Å². The Balaban J connectivity index is 1.54. The number of hydrogen-bond donors (Lipinski definition) is 0. The summed E-state index contributed by atoms with van der Waals surface area (Å²) in [7, 11) is 0. The van der Waals surface area contributed by atoms with Crippen molar-refractivity contribution >= 4 is 22.9 Å². The molecule has 8 nitrogen and oxygen atoms in total. The smallest absolute Gasteiger partial charge is 0.159 e. The predicted molar refractivity (Wildman–Crippen MR) is 110 cm³/mol. The van der Waals surface area contributed by atoms with Gasteiger partial charge in [-0.05, 0) is 69.3 Å². The summed E-state index contributed by atoms with van der Waals surface area (Å²) < 4.78 is 0. The molecule has 0 aromatic heterocycles. The van der Waals surface area contributed by atoms with E-state index in [1.54, 1.807) is 48.5 Å². The molecule has 1 atom stereocenters. The van der Waals surface area contributed by atoms with Gasteiger partial charge in [0.25, 0.3) is 0 Å². The topological polar surface area (TPSA) is 90.1 Å². The molecule has 0 N–H and O–H groups in total. The molecule has 2 aromatic carbocycles. The third-order valence-electron chi connectivity index (χ3n) is 4.68. The van der Waals surface area contributed by atoms with Crippen LogP contribution in [0.1, 0.15) is 41.5 Å². The van der Waals surface area contributed by atoms with Crippen LogP contribution in [-0.4, -0.2) is 47.3 Å². The Labute approximate surface area is 169 Å². The summed E-state index contributed by atoms with van der Waals surface area (Å²) in [4.78, 5) is 22.6. The third-order valence-corrected chi connectivity index (χ3v) is 4.68. The Morgan fingerprint density at radius 1 is 0.793 bits per heavy atom. The molecule has 0 amide bonds. The Morgan fingerprint density at radius 3 is 1.72 bits per heavy atom. The molecular formula is C21H24N6O2. The molecule has 1 unspecified atom stereocenters. The molecule has 1 heterocycles. The molecule has 29 heavy (non-hydrogen) atoms. The van der Waals surface area contributed by atoms with Crippen molar-refractivity contribution in [2.75, 3.05) is 19.6 Å². The van der Waals surface area contributed by atoms with Crippen molar-refractivity contribution < 1.29 is 9.59 Å². The minimum atomic E-state index is 0.0298. The molecule has 150 valence electrons. The van der Waals surface area contributed by atoms with Gasteiger partial charge >= 0.3 is 0 Å². The highest BCUT2D eigenvalue weighted by molar-refractivity contribution is 5.94. The van der Waals surface area contributed by atoms with Crippen molar-refractivity contribution in [3.63, 3.8) is 0 Å². The second-order valence-electron chi connectivity index (χ2n) is 7.01. The Kier molecular flexibility index (Phi) is 6.43. The lowest BCUT2D eigenvalue weighted by molar-refractivity contribution is 0.0767. The molecule has 0 spiro atoms. The molecule has 1 fully saturated rings. The molecular weight excluding hydrogens is 368 g/mol. The van der Waals surface area contributed by atoms with Crippen LogP contribution in [0.4, 0.5) is 11.4 Å². The summed E-state index contributed by atoms with van der Waals surface area (Å²) in [5.41, 5.74) is 2.73. The van der Waals surface area contributed by atoms with Gasteiger partial charge in [0.15, 0.2) is 11.6 Å². The number of nitrogens with zero attached hydrogens (tertiary/aromatic N) is 6. The monoisotopic (exact) mass is 392 g/mol. The zero-order chi connectivity index (χ0) is 20.8. The van der Waals surface area contributed by atoms with Gasteiger partial charge in [-0.25, -0.2) is 0 Å². The molecule has 3 rings (SSSR count). The van der Waals surface area contributed by atoms with Gasteiger partial charge in [-0.15, -0.1) is 10.2 Å². The average molecular weight is 392 g/mol. The number of rotatable bonds is 6. The molecule has 0 bridgehead atoms. The first-order chi connectivity index (χ1) is 13.9. The van der Waals surface area contributed by atoms with Crippen LogP contribution in [0.15, 0.2) is 69.2 Å². The second-order valence-corrected chi connectivity index (χ2v) is 7.01. The quantitative estimate of drug-likeness (QED) is 0.522. The highest BCUT2D eigenvalue weighted by atomic mass is 16.1. The van der Waals surface area contributed by atoms with E-state index in [9.17, 15) is 9.59 Å². The van der Waals surface area contributed by atoms with E-state index < -0.39 is 0 Å². The SMILES string of the molecule is CC(=O)c1ccc(N=NN2CCN(N=Nc3ccc(C(C)=O)cc3)C(C)C2)cc1. The second kappa shape index (κ2) is 9.18. The molecule has 1 aliphatic heterocycles. The highest BCUT2D eigenvalue weighted by Crippen LogP contribution is 2.19. The number of carbonyl (C=O) groups is 2. The summed E-state index contributed by atoms with van der Waals surface area (Å²) in [6.07, 6.45) is 0. The van der Waals surface area contributed by atoms with Crippen LogP contribution >= 0.6 is 0 Å². The highest BCUT2D eigenvalue weighted by Gasteiger charge is 2.22. The first-order valence-corrected chi connectivity index (χ1v) is 9.49. The number of hydrogen-bond acceptors (Lipinski definition) is 6. The first kappa shape index (κ1) is 20.3. The van der Waals surface area contributed by atoms with E-state index in [2.05, 4.69) is 27.6 Å². The number of carbonyl (C=O) groups excluding carboxylic acids is 2. The first-order valence-electron chi connectivity index (χ1n) is 9.49. The van der Waals surface area contributed by atoms with E-state index in [1.165, 1.54) is 13.8 Å². The van der Waals surface area contributed by atoms with E-state index >= 15 is 0 Å². The number of piperazine rings is 1. The van der Waals surface area contributed by atoms with Crippen molar-refractivity contribution in [1.82, 2.24) is 10.0 Å². The van der Waals surface area contributed by atoms with E-state index in [0.29, 0.717) is 42.1 Å². The summed E-state index contributed by atoms with van der Waals surface area (Å²) in [5, 5.41) is 21.0. The average Bonchev–Trinajstić information content (AvgIpc) is 2.72. The van der Waals surface area contributed by atoms with Crippen molar-refractivity contribution in [3.05, 3.63) is 59.7 Å². The summed E-state index contributed by atoms with van der Waals surface area (Å²) >= 11 is 0. The fourth-order valence-corrected chi connectivity index (χ4v) is 2.89. The molecule has 0 aliphatic carbocycles. The largest absolute Gasteiger partial charge is 0.295 e. The fraction of sp³-hybridized carbons (Fsp3) is 0.333. The molecule has 2 aromatic rings. The van der Waals surface area contributed by atoms with Gasteiger partial charge in [0.2, 0.25) is 0 Å². The van der Waals surface area contributed by atoms with Crippen LogP contribution < -0.4 is 0 Å². The van der Waals surface area contributed by atoms with Crippen LogP contribution in [-0.2, 0) is 0 Å². The van der Waals surface area contributed by atoms with Crippen LogP contribution in [0.5, 0.6) is 0 Å². The van der Waals surface area contributed by atoms with Crippen molar-refractivity contribution in [2.24, 2.45) is 20.7 Å². The van der Waals surface area contributed by atoms with Gasteiger partial charge in [0.05, 0.1) is 37.1 Å². The van der Waals surface area contributed by atoms with Gasteiger partial charge < -0.3 is 0 Å². The third kappa shape index (κ3) is 5.54. The minimum absolute atomic E-state index is 0.0298. The summed E-state index contributed by atoms with van der Waals surface area (Å²) in [6, 6.07) is 14.3. The molecule has 0 radical (unpaired) electrons. The lowest BCUT2D eigenvalue weighted by Gasteiger charge is -2.34. The predicted octanol–water partition coefficient (Wildman–Crippen LogP) is 4.80. The lowest BCUT2D eigenvalue weighted by atomic mass is 10.1. The summed E-state index contributed by atoms with van der Waals surface area (Å²) in [6.45, 7) is 7.17. The van der Waals surface area contributed by atoms with Crippen LogP contribution in [0.25, 0.3) is 0 Å². The van der Waals surface area contributed by atoms with Gasteiger partial charge in [-0.2, -0.15) is 0 Å². The Bertz CT molecular complexity index is 921. The maximum absolute atomic E-state index is 11.3. The van der Waals surface area contributed by atoms with E-state index in [4.69, 9.17) is 0 Å². The standard InChI is InChI=1S/C21H24N6O2/c1-15-14-26(24-22-20-8-4-18(5-9-20)16(2)28)12-13-27(15)25-23-21-10-6-19(7-11-21)17(3)29/h4-11,15H,12-14H2,1-3H3. The minimum Gasteiger partial charge on any atom is -0.295 e. The Hall–Kier alpha value is -3.42. The zero-order valence-electron chi connectivity index (χ0n) is 16.8. The van der Waals surface area contributed by atoms with Crippen LogP contribution in [0.2, 0.25) is 0 Å². The Morgan fingerprint density at radius 2 is 1.28 bits per heavy atom. The maximum Gasteiger partial charge on any atom is 0.159 e. The van der Waals surface area contributed by atoms with Crippen molar-refractivity contribution in [3.8, 4) is 0 Å². The van der Waals surface area contributed by atoms with Gasteiger partial charge in [-0.3, -0.25) is 19.6 Å². The van der Waals surface area contributed by atoms with Gasteiger partial charge in [0.1, 0.15) is 0 Å². The van der Waals surface area contributed by atoms with Crippen LogP contribution in [0.3, 0.4) is 0 Å². The number of benzene rings is 2. The molecule has 8 heteroatoms. The lowest BCUT2D eigenvalue weighted by Crippen LogP contribution is -2.47. The zero-order valence-corrected chi connectivity index (χ0v) is 16.8. The maximum atomic E-state index is 11.3. The van der Waals surface area contributed by atoms with Crippen LogP contribution in [0, 0.1) is 0 Å². The van der Waals surface area contributed by atoms with E-state index in [-0.39, 0.29) is 17.6 Å². The van der Waals surface area contributed by atoms with Gasteiger partial charge in [0, 0.05) is 11.1 Å². The summed E-state index contributed by atoms with van der Waals surface area (Å²) in [5.74, 6) is 0.0598. The normalized spacial score (nSPS) is 17.3. The molecule has 0 saturated carbocycles. The van der Waals surface area contributed by atoms with Crippen molar-refractivity contribution in [2.45, 2.75) is 26.8 Å².